The Labute approximate surface area is 167 Å². The summed E-state index contributed by atoms with van der Waals surface area (Å²) < 4.78 is 11.6. The third-order valence-corrected chi connectivity index (χ3v) is 6.04. The minimum absolute atomic E-state index is 0.286. The fraction of sp³-hybridized carbons (Fsp3) is 0.286. The second-order valence-electron chi connectivity index (χ2n) is 7.15. The molecule has 0 bridgehead atoms. The van der Waals surface area contributed by atoms with Gasteiger partial charge in [-0.2, -0.15) is 0 Å². The zero-order chi connectivity index (χ0) is 19.3. The fourth-order valence-corrected chi connectivity index (χ4v) is 3.99. The Morgan fingerprint density at radius 3 is 2.56 bits per heavy atom. The third-order valence-electron chi connectivity index (χ3n) is 5.30. The van der Waals surface area contributed by atoms with Gasteiger partial charge in [0.05, 0.1) is 10.0 Å². The number of benzene rings is 2. The molecule has 0 spiro atoms. The molecule has 0 fully saturated rings. The predicted octanol–water partition coefficient (Wildman–Crippen LogP) is 3.96. The highest BCUT2D eigenvalue weighted by Gasteiger charge is 2.25. The van der Waals surface area contributed by atoms with E-state index in [4.69, 9.17) is 32.4 Å². The smallest absolute Gasteiger partial charge is 0.339 e. The second-order valence-corrected chi connectivity index (χ2v) is 7.96. The van der Waals surface area contributed by atoms with Crippen molar-refractivity contribution in [2.45, 2.75) is 33.9 Å². The normalized spacial score (nSPS) is 16.3. The molecule has 1 unspecified atom stereocenters. The summed E-state index contributed by atoms with van der Waals surface area (Å²) in [5.41, 5.74) is 5.07. The largest absolute Gasteiger partial charge is 0.444 e. The summed E-state index contributed by atoms with van der Waals surface area (Å²) in [6.45, 7) is 7.86. The molecular formula is C21H20Cl2NO3+. The van der Waals surface area contributed by atoms with E-state index in [2.05, 4.69) is 6.07 Å². The first-order valence-corrected chi connectivity index (χ1v) is 9.57. The molecule has 4 rings (SSSR count). The maximum absolute atomic E-state index is 12.0. The summed E-state index contributed by atoms with van der Waals surface area (Å²) in [5.74, 6) is 0.826. The van der Waals surface area contributed by atoms with E-state index in [1.807, 2.05) is 32.0 Å². The SMILES string of the molecule is Cc1c(C)c2cc3c(c(C)c2oc1=O)OC[NH+](Cc1ccc(Cl)c(Cl)c1)C3. The molecule has 1 N–H and O–H groups in total. The molecule has 4 nitrogen and oxygen atoms in total. The molecule has 6 heteroatoms. The molecule has 1 aliphatic rings. The lowest BCUT2D eigenvalue weighted by molar-refractivity contribution is -0.945. The zero-order valence-electron chi connectivity index (χ0n) is 15.4. The van der Waals surface area contributed by atoms with Gasteiger partial charge >= 0.3 is 5.63 Å². The van der Waals surface area contributed by atoms with Crippen molar-refractivity contribution in [3.8, 4) is 5.75 Å². The number of quaternary nitrogens is 1. The Hall–Kier alpha value is -2.01. The highest BCUT2D eigenvalue weighted by atomic mass is 35.5. The molecule has 3 aromatic rings. The van der Waals surface area contributed by atoms with E-state index in [1.54, 1.807) is 6.92 Å². The molecule has 0 aliphatic carbocycles. The van der Waals surface area contributed by atoms with Crippen LogP contribution in [0.3, 0.4) is 0 Å². The van der Waals surface area contributed by atoms with Crippen molar-refractivity contribution in [3.05, 3.63) is 72.5 Å². The summed E-state index contributed by atoms with van der Waals surface area (Å²) in [4.78, 5) is 13.3. The van der Waals surface area contributed by atoms with E-state index < -0.39 is 0 Å². The Bertz CT molecular complexity index is 1120. The van der Waals surface area contributed by atoms with Crippen molar-refractivity contribution < 1.29 is 14.1 Å². The number of aryl methyl sites for hydroxylation is 2. The van der Waals surface area contributed by atoms with Crippen molar-refractivity contribution in [2.75, 3.05) is 6.73 Å². The van der Waals surface area contributed by atoms with Gasteiger partial charge in [-0.25, -0.2) is 4.79 Å². The highest BCUT2D eigenvalue weighted by Crippen LogP contribution is 2.34. The molecule has 1 atom stereocenters. The maximum atomic E-state index is 12.0. The van der Waals surface area contributed by atoms with Crippen LogP contribution >= 0.6 is 23.2 Å². The van der Waals surface area contributed by atoms with Gasteiger partial charge in [-0.3, -0.25) is 4.90 Å². The summed E-state index contributed by atoms with van der Waals surface area (Å²) in [7, 11) is 0. The Balaban J connectivity index is 1.70. The lowest BCUT2D eigenvalue weighted by Crippen LogP contribution is -3.10. The average molecular weight is 405 g/mol. The van der Waals surface area contributed by atoms with Gasteiger partial charge in [0.2, 0.25) is 6.73 Å². The van der Waals surface area contributed by atoms with Crippen molar-refractivity contribution in [2.24, 2.45) is 0 Å². The van der Waals surface area contributed by atoms with E-state index in [0.717, 1.165) is 46.5 Å². The first-order valence-electron chi connectivity index (χ1n) is 8.82. The third kappa shape index (κ3) is 3.22. The van der Waals surface area contributed by atoms with E-state index in [9.17, 15) is 4.79 Å². The quantitative estimate of drug-likeness (QED) is 0.657. The number of hydrogen-bond donors (Lipinski definition) is 1. The average Bonchev–Trinajstić information content (AvgIpc) is 2.64. The standard InChI is InChI=1S/C21H19Cl2NO3/c1-11-12(2)21(25)27-20-13(3)19-15(7-16(11)20)9-24(10-26-19)8-14-4-5-17(22)18(23)6-14/h4-7H,8-10H2,1-3H3/p+1. The molecule has 0 saturated carbocycles. The number of halogens is 2. The van der Waals surface area contributed by atoms with Gasteiger partial charge in [-0.05, 0) is 44.5 Å². The van der Waals surface area contributed by atoms with Crippen LogP contribution in [-0.2, 0) is 13.1 Å². The number of hydrogen-bond acceptors (Lipinski definition) is 3. The van der Waals surface area contributed by atoms with Crippen LogP contribution in [0, 0.1) is 20.8 Å². The van der Waals surface area contributed by atoms with E-state index >= 15 is 0 Å². The van der Waals surface area contributed by atoms with Gasteiger partial charge in [0.15, 0.2) is 0 Å². The number of ether oxygens (including phenoxy) is 1. The van der Waals surface area contributed by atoms with Crippen LogP contribution in [0.1, 0.15) is 27.8 Å². The first kappa shape index (κ1) is 18.4. The van der Waals surface area contributed by atoms with Crippen LogP contribution in [0.15, 0.2) is 33.5 Å². The Morgan fingerprint density at radius 1 is 1.04 bits per heavy atom. The fourth-order valence-electron chi connectivity index (χ4n) is 3.66. The minimum atomic E-state index is -0.286. The van der Waals surface area contributed by atoms with Crippen LogP contribution in [0.2, 0.25) is 10.0 Å². The van der Waals surface area contributed by atoms with Crippen LogP contribution in [0.25, 0.3) is 11.0 Å². The van der Waals surface area contributed by atoms with E-state index in [0.29, 0.717) is 27.9 Å². The molecule has 2 heterocycles. The summed E-state index contributed by atoms with van der Waals surface area (Å²) in [6, 6.07) is 7.81. The molecule has 0 radical (unpaired) electrons. The molecule has 0 amide bonds. The number of fused-ring (bicyclic) bond motifs is 2. The predicted molar refractivity (Wildman–Crippen MR) is 107 cm³/mol. The second kappa shape index (κ2) is 6.86. The topological polar surface area (TPSA) is 43.9 Å². The van der Waals surface area contributed by atoms with E-state index in [1.165, 1.54) is 4.90 Å². The maximum Gasteiger partial charge on any atom is 0.339 e. The summed E-state index contributed by atoms with van der Waals surface area (Å²) in [5, 5.41) is 2.10. The molecule has 2 aromatic carbocycles. The van der Waals surface area contributed by atoms with Crippen molar-refractivity contribution in [1.82, 2.24) is 0 Å². The van der Waals surface area contributed by atoms with Crippen molar-refractivity contribution in [3.63, 3.8) is 0 Å². The number of nitrogens with one attached hydrogen (secondary N) is 1. The van der Waals surface area contributed by atoms with Gasteiger partial charge in [-0.15, -0.1) is 0 Å². The summed E-state index contributed by atoms with van der Waals surface area (Å²) in [6.07, 6.45) is 0. The minimum Gasteiger partial charge on any atom is -0.444 e. The number of rotatable bonds is 2. The van der Waals surface area contributed by atoms with Crippen LogP contribution in [0.4, 0.5) is 0 Å². The molecule has 0 saturated heterocycles. The molecule has 1 aromatic heterocycles. The highest BCUT2D eigenvalue weighted by molar-refractivity contribution is 6.42. The molecule has 1 aliphatic heterocycles. The van der Waals surface area contributed by atoms with Crippen LogP contribution in [-0.4, -0.2) is 6.73 Å². The van der Waals surface area contributed by atoms with E-state index in [-0.39, 0.29) is 5.63 Å². The van der Waals surface area contributed by atoms with Gasteiger partial charge in [0, 0.05) is 27.6 Å². The van der Waals surface area contributed by atoms with Gasteiger partial charge < -0.3 is 9.15 Å². The molecule has 27 heavy (non-hydrogen) atoms. The van der Waals surface area contributed by atoms with Crippen molar-refractivity contribution in [1.29, 1.82) is 0 Å². The Morgan fingerprint density at radius 2 is 1.81 bits per heavy atom. The van der Waals surface area contributed by atoms with Gasteiger partial charge in [0.25, 0.3) is 0 Å². The Kier molecular flexibility index (Phi) is 4.66. The first-order chi connectivity index (χ1) is 12.8. The lowest BCUT2D eigenvalue weighted by Gasteiger charge is -2.28. The zero-order valence-corrected chi connectivity index (χ0v) is 16.9. The van der Waals surface area contributed by atoms with Gasteiger partial charge in [-0.1, -0.05) is 29.3 Å². The van der Waals surface area contributed by atoms with Crippen molar-refractivity contribution >= 4 is 34.2 Å². The molecule has 140 valence electrons. The molecular weight excluding hydrogens is 385 g/mol. The lowest BCUT2D eigenvalue weighted by atomic mass is 9.99. The van der Waals surface area contributed by atoms with Gasteiger partial charge in [0.1, 0.15) is 24.4 Å². The van der Waals surface area contributed by atoms with Crippen LogP contribution < -0.4 is 15.3 Å². The summed E-state index contributed by atoms with van der Waals surface area (Å²) >= 11 is 12.1. The van der Waals surface area contributed by atoms with Crippen LogP contribution in [0.5, 0.6) is 5.75 Å². The monoisotopic (exact) mass is 404 g/mol.